The molecule has 2 rings (SSSR count). The van der Waals surface area contributed by atoms with Crippen molar-refractivity contribution in [2.75, 3.05) is 26.4 Å². The number of hydrogen-bond acceptors (Lipinski definition) is 9. The lowest BCUT2D eigenvalue weighted by Crippen LogP contribution is -3.14. The van der Waals surface area contributed by atoms with E-state index in [2.05, 4.69) is 0 Å². The third-order valence-electron chi connectivity index (χ3n) is 4.39. The first-order valence-corrected chi connectivity index (χ1v) is 8.55. The van der Waals surface area contributed by atoms with Crippen molar-refractivity contribution in [3.05, 3.63) is 5.21 Å². The number of nitrogens with zero attached hydrogens (tertiary/aromatic N) is 1. The van der Waals surface area contributed by atoms with Gasteiger partial charge in [0.05, 0.1) is 13.2 Å². The van der Waals surface area contributed by atoms with Gasteiger partial charge in [-0.3, -0.25) is 19.7 Å². The van der Waals surface area contributed by atoms with Gasteiger partial charge in [-0.2, -0.15) is 4.84 Å². The van der Waals surface area contributed by atoms with Gasteiger partial charge < -0.3 is 19.4 Å². The van der Waals surface area contributed by atoms with Crippen LogP contribution < -0.4 is 10.7 Å². The van der Waals surface area contributed by atoms with E-state index in [9.17, 15) is 24.4 Å². The summed E-state index contributed by atoms with van der Waals surface area (Å²) in [5.74, 6) is -2.05. The Morgan fingerprint density at radius 1 is 1.22 bits per heavy atom. The molecule has 2 aliphatic heterocycles. The van der Waals surface area contributed by atoms with Crippen LogP contribution in [-0.4, -0.2) is 68.0 Å². The summed E-state index contributed by atoms with van der Waals surface area (Å²) in [4.78, 5) is 53.2. The second-order valence-corrected chi connectivity index (χ2v) is 6.11. The minimum atomic E-state index is -1.81. The van der Waals surface area contributed by atoms with E-state index >= 15 is 0 Å². The van der Waals surface area contributed by atoms with E-state index in [0.29, 0.717) is 13.2 Å². The maximum Gasteiger partial charge on any atom is 0.413 e. The molecule has 0 aliphatic carbocycles. The molecular weight excluding hydrogens is 366 g/mol. The van der Waals surface area contributed by atoms with E-state index in [-0.39, 0.29) is 49.7 Å². The summed E-state index contributed by atoms with van der Waals surface area (Å²) in [5, 5.41) is 13.0. The van der Waals surface area contributed by atoms with Gasteiger partial charge in [0.2, 0.25) is 5.91 Å². The summed E-state index contributed by atoms with van der Waals surface area (Å²) in [6.07, 6.45) is -1.62. The third-order valence-corrected chi connectivity index (χ3v) is 4.39. The Hall–Kier alpha value is -2.12. The van der Waals surface area contributed by atoms with Crippen LogP contribution in [0, 0.1) is 10.6 Å². The van der Waals surface area contributed by atoms with Crippen molar-refractivity contribution in [2.45, 2.75) is 38.9 Å². The standard InChI is InChI=1S/C15H23N3O9/c1-3-15(4-2,12(20)16-14(22)26-7-10-5-24-10)13(21)17(9-19)18(23)27-8-11-6-25-11/h9-11,18H,3-8H2,1-2H3,(H,16,20,22). The van der Waals surface area contributed by atoms with E-state index in [1.165, 1.54) is 13.8 Å². The van der Waals surface area contributed by atoms with Crippen molar-refractivity contribution in [1.29, 1.82) is 0 Å². The monoisotopic (exact) mass is 389 g/mol. The zero-order chi connectivity index (χ0) is 20.0. The number of epoxide rings is 2. The van der Waals surface area contributed by atoms with Crippen LogP contribution in [0.5, 0.6) is 0 Å². The number of hydrogen-bond donors (Lipinski definition) is 2. The smallest absolute Gasteiger partial charge is 0.413 e. The molecule has 27 heavy (non-hydrogen) atoms. The summed E-state index contributed by atoms with van der Waals surface area (Å²) in [7, 11) is 0. The van der Waals surface area contributed by atoms with Gasteiger partial charge in [0.15, 0.2) is 0 Å². The molecule has 0 aromatic rings. The summed E-state index contributed by atoms with van der Waals surface area (Å²) < 4.78 is 14.6. The Morgan fingerprint density at radius 3 is 2.26 bits per heavy atom. The first kappa shape index (κ1) is 21.2. The van der Waals surface area contributed by atoms with Gasteiger partial charge in [0.1, 0.15) is 30.8 Å². The largest absolute Gasteiger partial charge is 0.573 e. The molecule has 0 aromatic carbocycles. The molecule has 2 N–H and O–H groups in total. The fourth-order valence-electron chi connectivity index (χ4n) is 2.35. The molecule has 2 aliphatic rings. The molecule has 0 bridgehead atoms. The third kappa shape index (κ3) is 5.43. The van der Waals surface area contributed by atoms with Gasteiger partial charge in [0, 0.05) is 0 Å². The topological polar surface area (TPSA) is 155 Å². The van der Waals surface area contributed by atoms with Crippen LogP contribution in [0.25, 0.3) is 0 Å². The van der Waals surface area contributed by atoms with Gasteiger partial charge in [-0.05, 0) is 12.8 Å². The minimum Gasteiger partial charge on any atom is -0.573 e. The van der Waals surface area contributed by atoms with E-state index in [1.807, 2.05) is 5.32 Å². The minimum absolute atomic E-state index is 0.0193. The average Bonchev–Trinajstić information content (AvgIpc) is 3.55. The molecular formula is C15H23N3O9. The Bertz CT molecular complexity index is 573. The van der Waals surface area contributed by atoms with Crippen LogP contribution in [0.15, 0.2) is 0 Å². The van der Waals surface area contributed by atoms with Crippen LogP contribution >= 0.6 is 0 Å². The lowest BCUT2D eigenvalue weighted by molar-refractivity contribution is -1.12. The van der Waals surface area contributed by atoms with Gasteiger partial charge in [-0.1, -0.05) is 18.9 Å². The van der Waals surface area contributed by atoms with Crippen LogP contribution in [0.4, 0.5) is 4.79 Å². The number of quaternary nitrogens is 1. The molecule has 0 spiro atoms. The van der Waals surface area contributed by atoms with Crippen molar-refractivity contribution in [3.8, 4) is 0 Å². The Labute approximate surface area is 155 Å². The number of imide groups is 2. The van der Waals surface area contributed by atoms with Crippen molar-refractivity contribution in [2.24, 2.45) is 5.41 Å². The van der Waals surface area contributed by atoms with Crippen molar-refractivity contribution in [3.63, 3.8) is 0 Å². The zero-order valence-electron chi connectivity index (χ0n) is 15.1. The number of carbonyl (C=O) groups is 4. The highest BCUT2D eigenvalue weighted by Crippen LogP contribution is 2.28. The van der Waals surface area contributed by atoms with Crippen molar-refractivity contribution in [1.82, 2.24) is 10.3 Å². The van der Waals surface area contributed by atoms with Crippen molar-refractivity contribution < 1.29 is 43.6 Å². The van der Waals surface area contributed by atoms with Crippen LogP contribution in [0.3, 0.4) is 0 Å². The highest BCUT2D eigenvalue weighted by atomic mass is 16.9. The van der Waals surface area contributed by atoms with Gasteiger partial charge in [0.25, 0.3) is 12.3 Å². The van der Waals surface area contributed by atoms with Gasteiger partial charge >= 0.3 is 6.09 Å². The Morgan fingerprint density at radius 2 is 1.78 bits per heavy atom. The van der Waals surface area contributed by atoms with Crippen LogP contribution in [0.1, 0.15) is 26.7 Å². The molecule has 2 fully saturated rings. The molecule has 2 saturated heterocycles. The Balaban J connectivity index is 2.02. The normalized spacial score (nSPS) is 21.7. The molecule has 152 valence electrons. The summed E-state index contributed by atoms with van der Waals surface area (Å²) in [6, 6.07) is 0. The van der Waals surface area contributed by atoms with Gasteiger partial charge in [-0.15, -0.1) is 5.34 Å². The molecule has 12 heteroatoms. The van der Waals surface area contributed by atoms with Crippen molar-refractivity contribution >= 4 is 24.3 Å². The SMILES string of the molecule is CCC(CC)(C(=O)NC(=O)OCC1CO1)C(=O)N(C=O)[NH+]([O-])OCC1CO1. The number of rotatable bonds is 11. The number of carbonyl (C=O) groups excluding carboxylic acids is 4. The molecule has 2 heterocycles. The van der Waals surface area contributed by atoms with E-state index in [0.717, 1.165) is 0 Å². The number of amides is 4. The fourth-order valence-corrected chi connectivity index (χ4v) is 2.35. The molecule has 0 aromatic heterocycles. The predicted octanol–water partition coefficient (Wildman–Crippen LogP) is -1.94. The van der Waals surface area contributed by atoms with Crippen LogP contribution in [0.2, 0.25) is 0 Å². The van der Waals surface area contributed by atoms with Crippen LogP contribution in [-0.2, 0) is 33.4 Å². The summed E-state index contributed by atoms with van der Waals surface area (Å²) in [6.45, 7) is 3.81. The summed E-state index contributed by atoms with van der Waals surface area (Å²) in [5.41, 5.74) is -1.81. The second kappa shape index (κ2) is 9.19. The number of alkyl carbamates (subject to hydrolysis) is 1. The lowest BCUT2D eigenvalue weighted by Gasteiger charge is -2.34. The highest BCUT2D eigenvalue weighted by molar-refractivity contribution is 6.10. The molecule has 4 amide bonds. The molecule has 3 atom stereocenters. The average molecular weight is 389 g/mol. The first-order chi connectivity index (χ1) is 12.9. The zero-order valence-corrected chi connectivity index (χ0v) is 15.1. The highest BCUT2D eigenvalue weighted by Gasteiger charge is 2.49. The predicted molar refractivity (Wildman–Crippen MR) is 85.2 cm³/mol. The van der Waals surface area contributed by atoms with Gasteiger partial charge in [-0.25, -0.2) is 4.79 Å². The quantitative estimate of drug-likeness (QED) is 0.178. The molecule has 0 saturated carbocycles. The van der Waals surface area contributed by atoms with E-state index < -0.39 is 28.7 Å². The fraction of sp³-hybridized carbons (Fsp3) is 0.733. The molecule has 12 nitrogen and oxygen atoms in total. The molecule has 0 radical (unpaired) electrons. The van der Waals surface area contributed by atoms with E-state index in [4.69, 9.17) is 19.0 Å². The molecule has 3 unspecified atom stereocenters. The maximum absolute atomic E-state index is 12.8. The summed E-state index contributed by atoms with van der Waals surface area (Å²) >= 11 is 0. The Kier molecular flexibility index (Phi) is 7.21. The van der Waals surface area contributed by atoms with E-state index in [1.54, 1.807) is 0 Å². The number of nitrogens with one attached hydrogen (secondary N) is 2. The number of ether oxygens (including phenoxy) is 3. The lowest BCUT2D eigenvalue weighted by atomic mass is 9.80. The second-order valence-electron chi connectivity index (χ2n) is 6.11. The first-order valence-electron chi connectivity index (χ1n) is 8.55. The maximum atomic E-state index is 12.8.